The maximum Gasteiger partial charge on any atom is 0.160 e. The lowest BCUT2D eigenvalue weighted by Gasteiger charge is -2.18. The SMILES string of the molecule is COc1cc(C(C)Nc2c(F)cccc2Cl)ccc1O. The smallest absolute Gasteiger partial charge is 0.160 e. The van der Waals surface area contributed by atoms with E-state index in [1.807, 2.05) is 6.92 Å². The summed E-state index contributed by atoms with van der Waals surface area (Å²) < 4.78 is 18.8. The molecule has 0 aliphatic rings. The van der Waals surface area contributed by atoms with Gasteiger partial charge in [-0.3, -0.25) is 0 Å². The Balaban J connectivity index is 2.26. The number of benzene rings is 2. The highest BCUT2D eigenvalue weighted by molar-refractivity contribution is 6.33. The second kappa shape index (κ2) is 6.01. The molecule has 0 aromatic heterocycles. The Labute approximate surface area is 122 Å². The molecule has 1 atom stereocenters. The first kappa shape index (κ1) is 14.5. The molecule has 0 saturated heterocycles. The van der Waals surface area contributed by atoms with Crippen LogP contribution in [0.2, 0.25) is 5.02 Å². The monoisotopic (exact) mass is 295 g/mol. The zero-order chi connectivity index (χ0) is 14.7. The second-order valence-corrected chi connectivity index (χ2v) is 4.80. The van der Waals surface area contributed by atoms with Crippen molar-refractivity contribution in [2.24, 2.45) is 0 Å². The maximum atomic E-state index is 13.7. The molecule has 2 rings (SSSR count). The third kappa shape index (κ3) is 2.96. The number of phenols is 1. The molecule has 20 heavy (non-hydrogen) atoms. The van der Waals surface area contributed by atoms with Gasteiger partial charge in [-0.2, -0.15) is 0 Å². The van der Waals surface area contributed by atoms with E-state index in [4.69, 9.17) is 16.3 Å². The van der Waals surface area contributed by atoms with Gasteiger partial charge in [0.25, 0.3) is 0 Å². The molecule has 1 unspecified atom stereocenters. The number of methoxy groups -OCH3 is 1. The number of hydrogen-bond donors (Lipinski definition) is 2. The predicted molar refractivity (Wildman–Crippen MR) is 78.1 cm³/mol. The van der Waals surface area contributed by atoms with Crippen molar-refractivity contribution in [3.05, 3.63) is 52.8 Å². The van der Waals surface area contributed by atoms with Gasteiger partial charge in [0.15, 0.2) is 11.5 Å². The van der Waals surface area contributed by atoms with E-state index in [-0.39, 0.29) is 17.5 Å². The number of aromatic hydroxyl groups is 1. The molecule has 0 bridgehead atoms. The Bertz CT molecular complexity index is 599. The topological polar surface area (TPSA) is 41.5 Å². The lowest BCUT2D eigenvalue weighted by Crippen LogP contribution is -2.08. The standard InChI is InChI=1S/C15H15ClFNO2/c1-9(10-6-7-13(19)14(8-10)20-2)18-15-11(16)4-3-5-12(15)17/h3-9,18-19H,1-2H3. The zero-order valence-corrected chi connectivity index (χ0v) is 11.9. The molecule has 0 saturated carbocycles. The lowest BCUT2D eigenvalue weighted by molar-refractivity contribution is 0.373. The van der Waals surface area contributed by atoms with E-state index >= 15 is 0 Å². The first-order chi connectivity index (χ1) is 9.52. The van der Waals surface area contributed by atoms with Crippen LogP contribution >= 0.6 is 11.6 Å². The van der Waals surface area contributed by atoms with Crippen molar-refractivity contribution < 1.29 is 14.2 Å². The Morgan fingerprint density at radius 3 is 2.70 bits per heavy atom. The molecule has 0 spiro atoms. The van der Waals surface area contributed by atoms with Gasteiger partial charge in [0.2, 0.25) is 0 Å². The van der Waals surface area contributed by atoms with Gasteiger partial charge in [0, 0.05) is 6.04 Å². The number of phenolic OH excluding ortho intramolecular Hbond substituents is 1. The van der Waals surface area contributed by atoms with Gasteiger partial charge in [0.1, 0.15) is 5.82 Å². The Morgan fingerprint density at radius 2 is 2.05 bits per heavy atom. The van der Waals surface area contributed by atoms with Crippen molar-refractivity contribution in [2.75, 3.05) is 12.4 Å². The van der Waals surface area contributed by atoms with Crippen molar-refractivity contribution in [1.29, 1.82) is 0 Å². The lowest BCUT2D eigenvalue weighted by atomic mass is 10.1. The Kier molecular flexibility index (Phi) is 4.35. The van der Waals surface area contributed by atoms with E-state index in [1.54, 1.807) is 24.3 Å². The summed E-state index contributed by atoms with van der Waals surface area (Å²) in [6.07, 6.45) is 0. The summed E-state index contributed by atoms with van der Waals surface area (Å²) in [5, 5.41) is 12.9. The van der Waals surface area contributed by atoms with Crippen LogP contribution in [0.4, 0.5) is 10.1 Å². The molecule has 2 aromatic rings. The summed E-state index contributed by atoms with van der Waals surface area (Å²) in [7, 11) is 1.48. The van der Waals surface area contributed by atoms with Crippen LogP contribution in [0.3, 0.4) is 0 Å². The quantitative estimate of drug-likeness (QED) is 0.880. The van der Waals surface area contributed by atoms with Crippen LogP contribution in [0.5, 0.6) is 11.5 Å². The molecule has 2 aromatic carbocycles. The minimum absolute atomic E-state index is 0.0624. The Morgan fingerprint density at radius 1 is 1.30 bits per heavy atom. The van der Waals surface area contributed by atoms with Crippen LogP contribution in [0.1, 0.15) is 18.5 Å². The van der Waals surface area contributed by atoms with E-state index in [2.05, 4.69) is 5.32 Å². The van der Waals surface area contributed by atoms with Gasteiger partial charge in [-0.25, -0.2) is 4.39 Å². The van der Waals surface area contributed by atoms with E-state index in [9.17, 15) is 9.50 Å². The molecule has 106 valence electrons. The number of nitrogens with one attached hydrogen (secondary N) is 1. The summed E-state index contributed by atoms with van der Waals surface area (Å²) in [6.45, 7) is 1.87. The van der Waals surface area contributed by atoms with Gasteiger partial charge >= 0.3 is 0 Å². The number of hydrogen-bond acceptors (Lipinski definition) is 3. The number of halogens is 2. The number of para-hydroxylation sites is 1. The van der Waals surface area contributed by atoms with Crippen LogP contribution in [0, 0.1) is 5.82 Å². The molecule has 3 nitrogen and oxygen atoms in total. The fourth-order valence-electron chi connectivity index (χ4n) is 1.90. The first-order valence-corrected chi connectivity index (χ1v) is 6.48. The number of rotatable bonds is 4. The van der Waals surface area contributed by atoms with Crippen molar-refractivity contribution in [3.63, 3.8) is 0 Å². The van der Waals surface area contributed by atoms with Crippen molar-refractivity contribution in [1.82, 2.24) is 0 Å². The van der Waals surface area contributed by atoms with Gasteiger partial charge in [0.05, 0.1) is 17.8 Å². The molecule has 0 radical (unpaired) electrons. The van der Waals surface area contributed by atoms with Crippen molar-refractivity contribution in [2.45, 2.75) is 13.0 Å². The van der Waals surface area contributed by atoms with E-state index in [0.29, 0.717) is 10.8 Å². The molecule has 0 fully saturated rings. The third-order valence-corrected chi connectivity index (χ3v) is 3.34. The largest absolute Gasteiger partial charge is 0.504 e. The second-order valence-electron chi connectivity index (χ2n) is 4.39. The molecule has 0 aliphatic carbocycles. The molecule has 0 amide bonds. The van der Waals surface area contributed by atoms with Gasteiger partial charge in [-0.15, -0.1) is 0 Å². The summed E-state index contributed by atoms with van der Waals surface area (Å²) in [6, 6.07) is 9.30. The van der Waals surface area contributed by atoms with Gasteiger partial charge in [-0.05, 0) is 36.8 Å². The van der Waals surface area contributed by atoms with Crippen LogP contribution in [0.25, 0.3) is 0 Å². The van der Waals surface area contributed by atoms with E-state index < -0.39 is 5.82 Å². The summed E-state index contributed by atoms with van der Waals surface area (Å²) in [4.78, 5) is 0. The molecule has 0 aliphatic heterocycles. The molecule has 2 N–H and O–H groups in total. The predicted octanol–water partition coefficient (Wildman–Crippen LogP) is 4.37. The maximum absolute atomic E-state index is 13.7. The van der Waals surface area contributed by atoms with Crippen molar-refractivity contribution in [3.8, 4) is 11.5 Å². The van der Waals surface area contributed by atoms with Crippen LogP contribution in [0.15, 0.2) is 36.4 Å². The van der Waals surface area contributed by atoms with Gasteiger partial charge < -0.3 is 15.2 Å². The van der Waals surface area contributed by atoms with E-state index in [0.717, 1.165) is 5.56 Å². The molecule has 5 heteroatoms. The van der Waals surface area contributed by atoms with E-state index in [1.165, 1.54) is 19.2 Å². The average molecular weight is 296 g/mol. The highest BCUT2D eigenvalue weighted by Crippen LogP contribution is 2.32. The molecule has 0 heterocycles. The highest BCUT2D eigenvalue weighted by atomic mass is 35.5. The molecular formula is C15H15ClFNO2. The number of anilines is 1. The minimum atomic E-state index is -0.407. The fourth-order valence-corrected chi connectivity index (χ4v) is 2.12. The highest BCUT2D eigenvalue weighted by Gasteiger charge is 2.13. The van der Waals surface area contributed by atoms with Crippen LogP contribution in [-0.2, 0) is 0 Å². The average Bonchev–Trinajstić information content (AvgIpc) is 2.43. The summed E-state index contributed by atoms with van der Waals surface area (Å²) in [5.74, 6) is 0.0262. The van der Waals surface area contributed by atoms with Gasteiger partial charge in [-0.1, -0.05) is 23.7 Å². The molecular weight excluding hydrogens is 281 g/mol. The van der Waals surface area contributed by atoms with Crippen LogP contribution < -0.4 is 10.1 Å². The number of ether oxygens (including phenoxy) is 1. The fraction of sp³-hybridized carbons (Fsp3) is 0.200. The minimum Gasteiger partial charge on any atom is -0.504 e. The van der Waals surface area contributed by atoms with Crippen molar-refractivity contribution >= 4 is 17.3 Å². The van der Waals surface area contributed by atoms with Crippen LogP contribution in [-0.4, -0.2) is 12.2 Å². The normalized spacial score (nSPS) is 12.0. The summed E-state index contributed by atoms with van der Waals surface area (Å²) >= 11 is 5.98. The Hall–Kier alpha value is -1.94. The first-order valence-electron chi connectivity index (χ1n) is 6.10. The summed E-state index contributed by atoms with van der Waals surface area (Å²) in [5.41, 5.74) is 1.10. The zero-order valence-electron chi connectivity index (χ0n) is 11.2. The third-order valence-electron chi connectivity index (χ3n) is 3.03.